The predicted molar refractivity (Wildman–Crippen MR) is 116 cm³/mol. The molecule has 8 heteroatoms. The van der Waals surface area contributed by atoms with E-state index in [0.717, 1.165) is 16.0 Å². The number of primary amides is 1. The van der Waals surface area contributed by atoms with E-state index in [9.17, 15) is 14.4 Å². The zero-order chi connectivity index (χ0) is 21.3. The van der Waals surface area contributed by atoms with Gasteiger partial charge in [-0.05, 0) is 36.2 Å². The predicted octanol–water partition coefficient (Wildman–Crippen LogP) is 3.19. The number of carbonyl (C=O) groups is 3. The fourth-order valence-electron chi connectivity index (χ4n) is 3.21. The standard InChI is InChI=1S/C22H19N3O4S/c1-13-7-8-17-16(9-13)25(20(27)12-29-17)11-19(26)24-22-15(21(23)28)10-18(30-22)14-5-3-2-4-6-14/h2-10H,11-12H2,1H3,(H2,23,28)(H,24,26). The molecule has 1 aromatic heterocycles. The number of nitrogens with zero attached hydrogens (tertiary/aromatic N) is 1. The molecule has 3 N–H and O–H groups in total. The summed E-state index contributed by atoms with van der Waals surface area (Å²) in [4.78, 5) is 39.2. The fourth-order valence-corrected chi connectivity index (χ4v) is 4.29. The van der Waals surface area contributed by atoms with Gasteiger partial charge in [0.1, 0.15) is 17.3 Å². The molecule has 0 unspecified atom stereocenters. The Morgan fingerprint density at radius 1 is 1.17 bits per heavy atom. The summed E-state index contributed by atoms with van der Waals surface area (Å²) in [6.07, 6.45) is 0. The van der Waals surface area contributed by atoms with Gasteiger partial charge in [-0.15, -0.1) is 11.3 Å². The van der Waals surface area contributed by atoms with Gasteiger partial charge in [0, 0.05) is 4.88 Å². The maximum atomic E-state index is 12.8. The Labute approximate surface area is 177 Å². The van der Waals surface area contributed by atoms with Crippen LogP contribution in [-0.2, 0) is 9.59 Å². The summed E-state index contributed by atoms with van der Waals surface area (Å²) < 4.78 is 5.44. The minimum absolute atomic E-state index is 0.132. The van der Waals surface area contributed by atoms with Crippen molar-refractivity contribution in [2.45, 2.75) is 6.92 Å². The highest BCUT2D eigenvalue weighted by molar-refractivity contribution is 7.20. The van der Waals surface area contributed by atoms with Gasteiger partial charge in [0.25, 0.3) is 11.8 Å². The maximum absolute atomic E-state index is 12.8. The van der Waals surface area contributed by atoms with Crippen molar-refractivity contribution in [2.24, 2.45) is 5.73 Å². The third-order valence-corrected chi connectivity index (χ3v) is 5.77. The first-order chi connectivity index (χ1) is 14.4. The van der Waals surface area contributed by atoms with E-state index >= 15 is 0 Å². The molecule has 0 saturated carbocycles. The largest absolute Gasteiger partial charge is 0.482 e. The van der Waals surface area contributed by atoms with Crippen LogP contribution in [0.5, 0.6) is 5.75 Å². The van der Waals surface area contributed by atoms with Gasteiger partial charge >= 0.3 is 0 Å². The molecule has 2 heterocycles. The number of carbonyl (C=O) groups excluding carboxylic acids is 3. The lowest BCUT2D eigenvalue weighted by Crippen LogP contribution is -2.43. The molecule has 1 aliphatic rings. The van der Waals surface area contributed by atoms with Crippen molar-refractivity contribution in [3.05, 3.63) is 65.7 Å². The smallest absolute Gasteiger partial charge is 0.265 e. The fraction of sp³-hybridized carbons (Fsp3) is 0.136. The van der Waals surface area contributed by atoms with Crippen LogP contribution < -0.4 is 20.7 Å². The number of anilines is 2. The van der Waals surface area contributed by atoms with Crippen molar-refractivity contribution in [3.8, 4) is 16.2 Å². The summed E-state index contributed by atoms with van der Waals surface area (Å²) in [7, 11) is 0. The SMILES string of the molecule is Cc1ccc2c(c1)N(CC(=O)Nc1sc(-c3ccccc3)cc1C(N)=O)C(=O)CO2. The molecule has 3 amide bonds. The summed E-state index contributed by atoms with van der Waals surface area (Å²) in [5, 5.41) is 3.10. The molecule has 0 saturated heterocycles. The topological polar surface area (TPSA) is 102 Å². The molecule has 1 aliphatic heterocycles. The van der Waals surface area contributed by atoms with Crippen LogP contribution in [-0.4, -0.2) is 30.9 Å². The average molecular weight is 421 g/mol. The highest BCUT2D eigenvalue weighted by Crippen LogP contribution is 2.36. The van der Waals surface area contributed by atoms with Crippen molar-refractivity contribution in [3.63, 3.8) is 0 Å². The monoisotopic (exact) mass is 421 g/mol. The van der Waals surface area contributed by atoms with Crippen LogP contribution in [0.1, 0.15) is 15.9 Å². The number of nitrogens with one attached hydrogen (secondary N) is 1. The third kappa shape index (κ3) is 3.90. The Morgan fingerprint density at radius 2 is 1.93 bits per heavy atom. The molecule has 4 rings (SSSR count). The van der Waals surface area contributed by atoms with Crippen LogP contribution >= 0.6 is 11.3 Å². The van der Waals surface area contributed by atoms with E-state index in [1.165, 1.54) is 16.2 Å². The summed E-state index contributed by atoms with van der Waals surface area (Å²) in [6.45, 7) is 1.57. The summed E-state index contributed by atoms with van der Waals surface area (Å²) in [6, 6.07) is 16.6. The molecular weight excluding hydrogens is 402 g/mol. The second-order valence-corrected chi connectivity index (χ2v) is 7.92. The highest BCUT2D eigenvalue weighted by Gasteiger charge is 2.28. The Hall–Kier alpha value is -3.65. The van der Waals surface area contributed by atoms with Gasteiger partial charge in [-0.25, -0.2) is 0 Å². The number of hydrogen-bond acceptors (Lipinski definition) is 5. The minimum atomic E-state index is -0.632. The molecule has 2 aromatic carbocycles. The van der Waals surface area contributed by atoms with E-state index in [1.54, 1.807) is 18.2 Å². The Morgan fingerprint density at radius 3 is 2.67 bits per heavy atom. The van der Waals surface area contributed by atoms with E-state index in [-0.39, 0.29) is 24.6 Å². The number of thiophene rings is 1. The Balaban J connectivity index is 1.58. The summed E-state index contributed by atoms with van der Waals surface area (Å²) in [5.74, 6) is -0.823. The number of aryl methyl sites for hydroxylation is 1. The molecule has 152 valence electrons. The lowest BCUT2D eigenvalue weighted by atomic mass is 10.1. The van der Waals surface area contributed by atoms with Crippen molar-refractivity contribution in [1.82, 2.24) is 0 Å². The summed E-state index contributed by atoms with van der Waals surface area (Å²) in [5.41, 5.74) is 8.14. The molecule has 0 aliphatic carbocycles. The highest BCUT2D eigenvalue weighted by atomic mass is 32.1. The van der Waals surface area contributed by atoms with Gasteiger partial charge in [0.05, 0.1) is 11.3 Å². The van der Waals surface area contributed by atoms with E-state index in [4.69, 9.17) is 10.5 Å². The third-order valence-electron chi connectivity index (χ3n) is 4.67. The van der Waals surface area contributed by atoms with Crippen molar-refractivity contribution >= 4 is 39.7 Å². The first-order valence-corrected chi connectivity index (χ1v) is 10.1. The van der Waals surface area contributed by atoms with E-state index < -0.39 is 11.8 Å². The molecule has 0 atom stereocenters. The van der Waals surface area contributed by atoms with Crippen molar-refractivity contribution in [2.75, 3.05) is 23.4 Å². The van der Waals surface area contributed by atoms with Gasteiger partial charge < -0.3 is 15.8 Å². The second kappa shape index (κ2) is 8.00. The van der Waals surface area contributed by atoms with Crippen LogP contribution in [0.15, 0.2) is 54.6 Å². The molecule has 0 radical (unpaired) electrons. The number of fused-ring (bicyclic) bond motifs is 1. The van der Waals surface area contributed by atoms with Gasteiger partial charge in [0.15, 0.2) is 6.61 Å². The molecule has 0 spiro atoms. The molecule has 0 fully saturated rings. The van der Waals surface area contributed by atoms with Gasteiger partial charge in [-0.3, -0.25) is 19.3 Å². The van der Waals surface area contributed by atoms with E-state index in [0.29, 0.717) is 16.4 Å². The second-order valence-electron chi connectivity index (χ2n) is 6.87. The van der Waals surface area contributed by atoms with Crippen molar-refractivity contribution in [1.29, 1.82) is 0 Å². The number of hydrogen-bond donors (Lipinski definition) is 2. The first kappa shape index (κ1) is 19.7. The number of rotatable bonds is 5. The minimum Gasteiger partial charge on any atom is -0.482 e. The Kier molecular flexibility index (Phi) is 5.24. The number of ether oxygens (including phenoxy) is 1. The normalized spacial score (nSPS) is 12.8. The average Bonchev–Trinajstić information content (AvgIpc) is 3.15. The zero-order valence-electron chi connectivity index (χ0n) is 16.2. The summed E-state index contributed by atoms with van der Waals surface area (Å²) >= 11 is 1.26. The zero-order valence-corrected chi connectivity index (χ0v) is 17.0. The first-order valence-electron chi connectivity index (χ1n) is 9.25. The van der Waals surface area contributed by atoms with E-state index in [1.807, 2.05) is 43.3 Å². The molecule has 0 bridgehead atoms. The lowest BCUT2D eigenvalue weighted by Gasteiger charge is -2.29. The number of benzene rings is 2. The van der Waals surface area contributed by atoms with Gasteiger partial charge in [-0.2, -0.15) is 0 Å². The van der Waals surface area contributed by atoms with Crippen LogP contribution in [0.3, 0.4) is 0 Å². The molecule has 3 aromatic rings. The van der Waals surface area contributed by atoms with Crippen LogP contribution in [0, 0.1) is 6.92 Å². The van der Waals surface area contributed by atoms with Crippen molar-refractivity contribution < 1.29 is 19.1 Å². The lowest BCUT2D eigenvalue weighted by molar-refractivity contribution is -0.123. The molecule has 7 nitrogen and oxygen atoms in total. The van der Waals surface area contributed by atoms with E-state index in [2.05, 4.69) is 5.32 Å². The molecular formula is C22H19N3O4S. The maximum Gasteiger partial charge on any atom is 0.265 e. The van der Waals surface area contributed by atoms with Gasteiger partial charge in [-0.1, -0.05) is 36.4 Å². The quantitative estimate of drug-likeness (QED) is 0.661. The Bertz CT molecular complexity index is 1140. The van der Waals surface area contributed by atoms with Crippen LogP contribution in [0.2, 0.25) is 0 Å². The van der Waals surface area contributed by atoms with Crippen LogP contribution in [0.4, 0.5) is 10.7 Å². The van der Waals surface area contributed by atoms with Gasteiger partial charge in [0.2, 0.25) is 5.91 Å². The molecule has 30 heavy (non-hydrogen) atoms. The van der Waals surface area contributed by atoms with Crippen LogP contribution in [0.25, 0.3) is 10.4 Å². The number of amides is 3. The number of nitrogens with two attached hydrogens (primary N) is 1.